The van der Waals surface area contributed by atoms with Crippen LogP contribution in [0.15, 0.2) is 0 Å². The Morgan fingerprint density at radius 1 is 1.55 bits per heavy atom. The predicted octanol–water partition coefficient (Wildman–Crippen LogP) is 2.01. The van der Waals surface area contributed by atoms with Gasteiger partial charge >= 0.3 is 0 Å². The van der Waals surface area contributed by atoms with Crippen molar-refractivity contribution >= 4 is 6.71 Å². The summed E-state index contributed by atoms with van der Waals surface area (Å²) in [5.41, 5.74) is 5.74. The van der Waals surface area contributed by atoms with Crippen LogP contribution in [0.2, 0.25) is 17.5 Å². The lowest BCUT2D eigenvalue weighted by molar-refractivity contribution is 0.412. The molecule has 2 aliphatic rings. The first-order chi connectivity index (χ1) is 5.16. The summed E-state index contributed by atoms with van der Waals surface area (Å²) < 4.78 is 0. The minimum atomic E-state index is 0.615. The van der Waals surface area contributed by atoms with Gasteiger partial charge in [0.1, 0.15) is 0 Å². The number of hydrogen-bond acceptors (Lipinski definition) is 1. The van der Waals surface area contributed by atoms with E-state index in [0.717, 1.165) is 25.0 Å². The highest BCUT2D eigenvalue weighted by Crippen LogP contribution is 2.61. The van der Waals surface area contributed by atoms with Crippen LogP contribution < -0.4 is 5.73 Å². The van der Waals surface area contributed by atoms with Crippen LogP contribution in [-0.4, -0.2) is 13.3 Å². The van der Waals surface area contributed by atoms with Crippen molar-refractivity contribution < 1.29 is 0 Å². The highest BCUT2D eigenvalue weighted by molar-refractivity contribution is 6.65. The SMILES string of the molecule is CC1(C)B2CCC1CC2CN. The van der Waals surface area contributed by atoms with Gasteiger partial charge in [-0.15, -0.1) is 0 Å². The summed E-state index contributed by atoms with van der Waals surface area (Å²) in [6.07, 6.45) is 4.32. The van der Waals surface area contributed by atoms with Crippen molar-refractivity contribution in [2.45, 2.75) is 44.1 Å². The first-order valence-corrected chi connectivity index (χ1v) is 4.86. The standard InChI is InChI=1S/C9H18BN/c1-9(2)7-3-4-10(9)8(5-7)6-11/h7-8H,3-6,11H2,1-2H3. The van der Waals surface area contributed by atoms with Gasteiger partial charge in [0.05, 0.1) is 0 Å². The van der Waals surface area contributed by atoms with E-state index in [0.29, 0.717) is 5.31 Å². The monoisotopic (exact) mass is 151 g/mol. The third kappa shape index (κ3) is 0.884. The Labute approximate surface area is 69.8 Å². The highest BCUT2D eigenvalue weighted by Gasteiger charge is 2.54. The van der Waals surface area contributed by atoms with Crippen molar-refractivity contribution in [3.05, 3.63) is 0 Å². The average molecular weight is 151 g/mol. The summed E-state index contributed by atoms with van der Waals surface area (Å²) in [6, 6.07) is 0. The maximum atomic E-state index is 5.74. The largest absolute Gasteiger partial charge is 0.331 e. The topological polar surface area (TPSA) is 26.0 Å². The van der Waals surface area contributed by atoms with Crippen LogP contribution in [0, 0.1) is 5.92 Å². The lowest BCUT2D eigenvalue weighted by Crippen LogP contribution is -2.26. The summed E-state index contributed by atoms with van der Waals surface area (Å²) in [5, 5.41) is 0.615. The molecule has 2 saturated heterocycles. The molecule has 0 spiro atoms. The third-order valence-corrected chi connectivity index (χ3v) is 4.29. The van der Waals surface area contributed by atoms with Gasteiger partial charge in [-0.3, -0.25) is 0 Å². The molecule has 0 aliphatic carbocycles. The first kappa shape index (κ1) is 7.66. The lowest BCUT2D eigenvalue weighted by atomic mass is 9.32. The van der Waals surface area contributed by atoms with Gasteiger partial charge in [-0.1, -0.05) is 38.3 Å². The average Bonchev–Trinajstić information content (AvgIpc) is 2.40. The van der Waals surface area contributed by atoms with E-state index in [2.05, 4.69) is 13.8 Å². The minimum Gasteiger partial charge on any atom is -0.331 e. The van der Waals surface area contributed by atoms with Crippen molar-refractivity contribution in [1.29, 1.82) is 0 Å². The van der Waals surface area contributed by atoms with Gasteiger partial charge in [0, 0.05) is 0 Å². The van der Waals surface area contributed by atoms with Gasteiger partial charge < -0.3 is 5.73 Å². The molecule has 2 aliphatic heterocycles. The van der Waals surface area contributed by atoms with Crippen LogP contribution >= 0.6 is 0 Å². The van der Waals surface area contributed by atoms with E-state index in [4.69, 9.17) is 5.73 Å². The number of hydrogen-bond donors (Lipinski definition) is 1. The van der Waals surface area contributed by atoms with Crippen molar-refractivity contribution in [2.24, 2.45) is 11.7 Å². The van der Waals surface area contributed by atoms with E-state index in [1.165, 1.54) is 19.2 Å². The summed E-state index contributed by atoms with van der Waals surface area (Å²) in [7, 11) is 0. The van der Waals surface area contributed by atoms with E-state index in [-0.39, 0.29) is 0 Å². The summed E-state index contributed by atoms with van der Waals surface area (Å²) in [4.78, 5) is 0. The fourth-order valence-corrected chi connectivity index (χ4v) is 3.48. The van der Waals surface area contributed by atoms with Crippen molar-refractivity contribution in [3.63, 3.8) is 0 Å². The lowest BCUT2D eigenvalue weighted by Gasteiger charge is -2.23. The molecule has 2 heteroatoms. The van der Waals surface area contributed by atoms with E-state index in [1.807, 2.05) is 0 Å². The molecule has 2 N–H and O–H groups in total. The van der Waals surface area contributed by atoms with Crippen molar-refractivity contribution in [2.75, 3.05) is 6.54 Å². The van der Waals surface area contributed by atoms with Crippen LogP contribution in [0.1, 0.15) is 26.7 Å². The number of fused-ring (bicyclic) bond motifs is 2. The van der Waals surface area contributed by atoms with Gasteiger partial charge in [-0.05, 0) is 18.3 Å². The Kier molecular flexibility index (Phi) is 1.57. The molecule has 2 unspecified atom stereocenters. The molecule has 0 aromatic heterocycles. The first-order valence-electron chi connectivity index (χ1n) is 4.86. The Bertz CT molecular complexity index is 167. The summed E-state index contributed by atoms with van der Waals surface area (Å²) in [6.45, 7) is 6.73. The van der Waals surface area contributed by atoms with Gasteiger partial charge in [0.15, 0.2) is 6.71 Å². The fraction of sp³-hybridized carbons (Fsp3) is 1.00. The van der Waals surface area contributed by atoms with E-state index < -0.39 is 0 Å². The summed E-state index contributed by atoms with van der Waals surface area (Å²) >= 11 is 0. The Balaban J connectivity index is 2.19. The van der Waals surface area contributed by atoms with Crippen LogP contribution in [0.25, 0.3) is 0 Å². The Hall–Kier alpha value is 0.0249. The zero-order valence-electron chi connectivity index (χ0n) is 7.64. The predicted molar refractivity (Wildman–Crippen MR) is 50.1 cm³/mol. The molecule has 0 amide bonds. The van der Waals surface area contributed by atoms with Gasteiger partial charge in [0.25, 0.3) is 0 Å². The molecular weight excluding hydrogens is 133 g/mol. The zero-order valence-corrected chi connectivity index (χ0v) is 7.64. The maximum Gasteiger partial charge on any atom is 0.150 e. The molecule has 0 saturated carbocycles. The molecule has 1 nitrogen and oxygen atoms in total. The molecular formula is C9H18BN. The van der Waals surface area contributed by atoms with Crippen LogP contribution in [0.5, 0.6) is 0 Å². The molecule has 0 radical (unpaired) electrons. The molecule has 11 heavy (non-hydrogen) atoms. The molecule has 0 aromatic rings. The third-order valence-electron chi connectivity index (χ3n) is 4.29. The van der Waals surface area contributed by atoms with Gasteiger partial charge in [-0.2, -0.15) is 0 Å². The smallest absolute Gasteiger partial charge is 0.150 e. The second-order valence-electron chi connectivity index (χ2n) is 4.93. The van der Waals surface area contributed by atoms with E-state index >= 15 is 0 Å². The van der Waals surface area contributed by atoms with Gasteiger partial charge in [-0.25, -0.2) is 0 Å². The Morgan fingerprint density at radius 3 is 2.55 bits per heavy atom. The molecule has 2 heterocycles. The maximum absolute atomic E-state index is 5.74. The van der Waals surface area contributed by atoms with Crippen molar-refractivity contribution in [1.82, 2.24) is 0 Å². The van der Waals surface area contributed by atoms with E-state index in [9.17, 15) is 0 Å². The quantitative estimate of drug-likeness (QED) is 0.570. The molecule has 2 atom stereocenters. The molecule has 62 valence electrons. The zero-order chi connectivity index (χ0) is 8.06. The molecule has 2 fully saturated rings. The molecule has 0 aromatic carbocycles. The molecule has 2 rings (SSSR count). The minimum absolute atomic E-state index is 0.615. The van der Waals surface area contributed by atoms with E-state index in [1.54, 1.807) is 0 Å². The highest BCUT2D eigenvalue weighted by atomic mass is 14.6. The van der Waals surface area contributed by atoms with Crippen LogP contribution in [-0.2, 0) is 0 Å². The Morgan fingerprint density at radius 2 is 2.27 bits per heavy atom. The summed E-state index contributed by atoms with van der Waals surface area (Å²) in [5.74, 6) is 1.84. The van der Waals surface area contributed by atoms with Crippen molar-refractivity contribution in [3.8, 4) is 0 Å². The second-order valence-corrected chi connectivity index (χ2v) is 4.93. The van der Waals surface area contributed by atoms with Crippen LogP contribution in [0.4, 0.5) is 0 Å². The number of nitrogens with two attached hydrogens (primary N) is 1. The fourth-order valence-electron chi connectivity index (χ4n) is 3.48. The van der Waals surface area contributed by atoms with Crippen LogP contribution in [0.3, 0.4) is 0 Å². The van der Waals surface area contributed by atoms with Gasteiger partial charge in [0.2, 0.25) is 0 Å². The normalized spacial score (nSPS) is 40.1. The molecule has 2 bridgehead atoms. The number of rotatable bonds is 1. The second kappa shape index (κ2) is 2.26.